The van der Waals surface area contributed by atoms with Gasteiger partial charge in [0.05, 0.1) is 25.1 Å². The molecule has 0 aliphatic carbocycles. The van der Waals surface area contributed by atoms with Gasteiger partial charge in [0.15, 0.2) is 0 Å². The van der Waals surface area contributed by atoms with E-state index in [0.29, 0.717) is 18.0 Å². The molecule has 0 radical (unpaired) electrons. The lowest BCUT2D eigenvalue weighted by molar-refractivity contribution is 0.0232. The van der Waals surface area contributed by atoms with Gasteiger partial charge in [-0.05, 0) is 25.8 Å². The van der Waals surface area contributed by atoms with Gasteiger partial charge in [0, 0.05) is 18.7 Å². The van der Waals surface area contributed by atoms with E-state index in [2.05, 4.69) is 17.2 Å². The Bertz CT molecular complexity index is 326. The lowest BCUT2D eigenvalue weighted by atomic mass is 10.0. The van der Waals surface area contributed by atoms with Gasteiger partial charge in [-0.25, -0.2) is 4.98 Å². The van der Waals surface area contributed by atoms with Crippen LogP contribution in [0.3, 0.4) is 0 Å². The van der Waals surface area contributed by atoms with Crippen LogP contribution in [-0.2, 0) is 4.74 Å². The van der Waals surface area contributed by atoms with E-state index in [0.717, 1.165) is 25.1 Å². The number of rotatable bonds is 3. The number of pyridine rings is 1. The Labute approximate surface area is 96.0 Å². The molecule has 1 fully saturated rings. The van der Waals surface area contributed by atoms with E-state index in [-0.39, 0.29) is 0 Å². The molecule has 1 aliphatic rings. The Morgan fingerprint density at radius 3 is 3.00 bits per heavy atom. The monoisotopic (exact) mass is 222 g/mol. The molecule has 2 rings (SSSR count). The highest BCUT2D eigenvalue weighted by molar-refractivity contribution is 5.43. The topological polar surface area (TPSA) is 43.4 Å². The third-order valence-corrected chi connectivity index (χ3v) is 2.80. The van der Waals surface area contributed by atoms with Crippen molar-refractivity contribution >= 4 is 5.69 Å². The molecule has 88 valence electrons. The number of hydrogen-bond donors (Lipinski definition) is 1. The van der Waals surface area contributed by atoms with E-state index < -0.39 is 0 Å². The summed E-state index contributed by atoms with van der Waals surface area (Å²) in [4.78, 5) is 4.17. The third-order valence-electron chi connectivity index (χ3n) is 2.80. The second kappa shape index (κ2) is 5.16. The van der Waals surface area contributed by atoms with Gasteiger partial charge in [-0.2, -0.15) is 0 Å². The van der Waals surface area contributed by atoms with Crippen LogP contribution in [0.2, 0.25) is 0 Å². The molecule has 2 heterocycles. The first-order valence-electron chi connectivity index (χ1n) is 5.66. The molecule has 2 atom stereocenters. The van der Waals surface area contributed by atoms with Crippen molar-refractivity contribution in [3.63, 3.8) is 0 Å². The van der Waals surface area contributed by atoms with Crippen molar-refractivity contribution in [3.05, 3.63) is 18.3 Å². The molecule has 0 spiro atoms. The largest absolute Gasteiger partial charge is 0.481 e. The Morgan fingerprint density at radius 1 is 1.50 bits per heavy atom. The molecule has 4 heteroatoms. The summed E-state index contributed by atoms with van der Waals surface area (Å²) >= 11 is 0. The molecule has 2 unspecified atom stereocenters. The summed E-state index contributed by atoms with van der Waals surface area (Å²) in [7, 11) is 1.62. The summed E-state index contributed by atoms with van der Waals surface area (Å²) < 4.78 is 10.5. The maximum atomic E-state index is 5.51. The van der Waals surface area contributed by atoms with Gasteiger partial charge in [-0.1, -0.05) is 0 Å². The second-order valence-electron chi connectivity index (χ2n) is 4.14. The minimum atomic E-state index is 0.345. The maximum Gasteiger partial charge on any atom is 0.213 e. The molecule has 1 saturated heterocycles. The summed E-state index contributed by atoms with van der Waals surface area (Å²) in [6.07, 6.45) is 4.25. The van der Waals surface area contributed by atoms with Crippen LogP contribution in [0.25, 0.3) is 0 Å². The third kappa shape index (κ3) is 2.85. The van der Waals surface area contributed by atoms with Gasteiger partial charge in [0.25, 0.3) is 0 Å². The predicted molar refractivity (Wildman–Crippen MR) is 62.8 cm³/mol. The number of nitrogens with zero attached hydrogens (tertiary/aromatic N) is 1. The number of nitrogens with one attached hydrogen (secondary N) is 1. The highest BCUT2D eigenvalue weighted by atomic mass is 16.5. The van der Waals surface area contributed by atoms with Gasteiger partial charge >= 0.3 is 0 Å². The Hall–Kier alpha value is -1.29. The molecule has 0 amide bonds. The minimum Gasteiger partial charge on any atom is -0.481 e. The Balaban J connectivity index is 1.92. The van der Waals surface area contributed by atoms with E-state index >= 15 is 0 Å². The number of hydrogen-bond acceptors (Lipinski definition) is 4. The smallest absolute Gasteiger partial charge is 0.213 e. The van der Waals surface area contributed by atoms with E-state index in [4.69, 9.17) is 9.47 Å². The molecule has 1 aromatic heterocycles. The zero-order valence-electron chi connectivity index (χ0n) is 9.77. The number of anilines is 1. The highest BCUT2D eigenvalue weighted by Crippen LogP contribution is 2.19. The zero-order chi connectivity index (χ0) is 11.4. The van der Waals surface area contributed by atoms with E-state index in [1.165, 1.54) is 0 Å². The van der Waals surface area contributed by atoms with Gasteiger partial charge in [0.1, 0.15) is 0 Å². The SMILES string of the molecule is COc1ccc(NC2CCOC(C)C2)cn1. The van der Waals surface area contributed by atoms with Gasteiger partial charge in [-0.15, -0.1) is 0 Å². The fraction of sp³-hybridized carbons (Fsp3) is 0.583. The molecule has 1 N–H and O–H groups in total. The number of methoxy groups -OCH3 is 1. The first-order valence-corrected chi connectivity index (χ1v) is 5.66. The van der Waals surface area contributed by atoms with Gasteiger partial charge in [-0.3, -0.25) is 0 Å². The first-order chi connectivity index (χ1) is 7.78. The minimum absolute atomic E-state index is 0.345. The maximum absolute atomic E-state index is 5.51. The molecule has 1 aromatic rings. The fourth-order valence-electron chi connectivity index (χ4n) is 1.95. The average molecular weight is 222 g/mol. The van der Waals surface area contributed by atoms with Crippen LogP contribution in [0.1, 0.15) is 19.8 Å². The standard InChI is InChI=1S/C12H18N2O2/c1-9-7-10(5-6-16-9)14-11-3-4-12(15-2)13-8-11/h3-4,8-10,14H,5-7H2,1-2H3. The molecule has 0 bridgehead atoms. The fourth-order valence-corrected chi connectivity index (χ4v) is 1.95. The summed E-state index contributed by atoms with van der Waals surface area (Å²) in [5, 5.41) is 3.46. The predicted octanol–water partition coefficient (Wildman–Crippen LogP) is 2.07. The van der Waals surface area contributed by atoms with Crippen LogP contribution in [0.5, 0.6) is 5.88 Å². The summed E-state index contributed by atoms with van der Waals surface area (Å²) in [5.41, 5.74) is 1.04. The second-order valence-corrected chi connectivity index (χ2v) is 4.14. The van der Waals surface area contributed by atoms with Crippen molar-refractivity contribution < 1.29 is 9.47 Å². The van der Waals surface area contributed by atoms with Crippen LogP contribution >= 0.6 is 0 Å². The lowest BCUT2D eigenvalue weighted by Crippen LogP contribution is -2.32. The van der Waals surface area contributed by atoms with Crippen molar-refractivity contribution in [3.8, 4) is 5.88 Å². The Kier molecular flexibility index (Phi) is 3.62. The Morgan fingerprint density at radius 2 is 2.38 bits per heavy atom. The van der Waals surface area contributed by atoms with Gasteiger partial charge < -0.3 is 14.8 Å². The first kappa shape index (κ1) is 11.2. The van der Waals surface area contributed by atoms with Crippen molar-refractivity contribution in [1.82, 2.24) is 4.98 Å². The van der Waals surface area contributed by atoms with E-state index in [9.17, 15) is 0 Å². The van der Waals surface area contributed by atoms with Crippen LogP contribution in [0, 0.1) is 0 Å². The highest BCUT2D eigenvalue weighted by Gasteiger charge is 2.18. The van der Waals surface area contributed by atoms with Crippen molar-refractivity contribution in [1.29, 1.82) is 0 Å². The van der Waals surface area contributed by atoms with Crippen LogP contribution in [0.4, 0.5) is 5.69 Å². The van der Waals surface area contributed by atoms with Crippen LogP contribution in [-0.4, -0.2) is 30.8 Å². The molecule has 1 aliphatic heterocycles. The lowest BCUT2D eigenvalue weighted by Gasteiger charge is -2.28. The summed E-state index contributed by atoms with van der Waals surface area (Å²) in [5.74, 6) is 0.644. The van der Waals surface area contributed by atoms with E-state index in [1.807, 2.05) is 12.1 Å². The van der Waals surface area contributed by atoms with Crippen molar-refractivity contribution in [2.75, 3.05) is 19.0 Å². The van der Waals surface area contributed by atoms with Crippen molar-refractivity contribution in [2.24, 2.45) is 0 Å². The van der Waals surface area contributed by atoms with Crippen LogP contribution in [0.15, 0.2) is 18.3 Å². The average Bonchev–Trinajstić information content (AvgIpc) is 2.30. The molecule has 16 heavy (non-hydrogen) atoms. The summed E-state index contributed by atoms with van der Waals surface area (Å²) in [6.45, 7) is 2.95. The van der Waals surface area contributed by atoms with Gasteiger partial charge in [0.2, 0.25) is 5.88 Å². The normalized spacial score (nSPS) is 25.1. The number of aromatic nitrogens is 1. The molecular weight excluding hydrogens is 204 g/mol. The molecular formula is C12H18N2O2. The van der Waals surface area contributed by atoms with E-state index in [1.54, 1.807) is 13.3 Å². The molecule has 4 nitrogen and oxygen atoms in total. The number of ether oxygens (including phenoxy) is 2. The van der Waals surface area contributed by atoms with Crippen molar-refractivity contribution in [2.45, 2.75) is 31.9 Å². The van der Waals surface area contributed by atoms with Crippen LogP contribution < -0.4 is 10.1 Å². The molecule has 0 aromatic carbocycles. The molecule has 0 saturated carbocycles. The summed E-state index contributed by atoms with van der Waals surface area (Å²) in [6, 6.07) is 4.34. The zero-order valence-corrected chi connectivity index (χ0v) is 9.77. The quantitative estimate of drug-likeness (QED) is 0.850.